The quantitative estimate of drug-likeness (QED) is 0.449. The lowest BCUT2D eigenvalue weighted by atomic mass is 10.2. The molecule has 0 atom stereocenters. The molecule has 3 aromatic heterocycles. The smallest absolute Gasteiger partial charge is 0.368 e. The van der Waals surface area contributed by atoms with Gasteiger partial charge in [0, 0.05) is 45.0 Å². The van der Waals surface area contributed by atoms with E-state index in [-0.39, 0.29) is 21.6 Å². The van der Waals surface area contributed by atoms with Crippen molar-refractivity contribution in [3.8, 4) is 10.8 Å². The summed E-state index contributed by atoms with van der Waals surface area (Å²) in [7, 11) is -2.43. The SMILES string of the molecule is COC1(C(=O)N2CCN(c3cc(S(=O)(=O)NC4(C)CC4)cn4c(-c5nnc(C(F)(F)F)s5)ncc34)CC2)CC1. The second-order valence-corrected chi connectivity index (χ2v) is 13.1. The molecule has 0 aromatic carbocycles. The predicted molar refractivity (Wildman–Crippen MR) is 135 cm³/mol. The standard InChI is InChI=1S/C23H26F3N7O4S2/c1-21(3-4-21)30-39(35,36)14-11-15(31-7-9-32(10-8-31)20(34)22(37-2)5-6-22)16-12-27-17(33(16)13-14)18-28-29-19(38-18)23(24,25)26/h11-13,30H,3-10H2,1-2H3. The number of nitrogens with zero attached hydrogens (tertiary/aromatic N) is 6. The number of piperazine rings is 1. The molecule has 0 radical (unpaired) electrons. The highest BCUT2D eigenvalue weighted by molar-refractivity contribution is 7.89. The molecule has 3 aromatic rings. The van der Waals surface area contributed by atoms with Crippen molar-refractivity contribution in [2.45, 2.75) is 54.8 Å². The summed E-state index contributed by atoms with van der Waals surface area (Å²) in [6.07, 6.45) is 0.963. The highest BCUT2D eigenvalue weighted by Crippen LogP contribution is 2.41. The number of amides is 1. The van der Waals surface area contributed by atoms with Crippen LogP contribution in [0.1, 0.15) is 37.6 Å². The summed E-state index contributed by atoms with van der Waals surface area (Å²) >= 11 is 0.336. The summed E-state index contributed by atoms with van der Waals surface area (Å²) in [5.74, 6) is 0.00916. The van der Waals surface area contributed by atoms with Gasteiger partial charge < -0.3 is 14.5 Å². The van der Waals surface area contributed by atoms with Gasteiger partial charge in [-0.1, -0.05) is 11.3 Å². The summed E-state index contributed by atoms with van der Waals surface area (Å²) < 4.78 is 75.9. The Morgan fingerprint density at radius 3 is 2.38 bits per heavy atom. The first-order chi connectivity index (χ1) is 18.3. The van der Waals surface area contributed by atoms with Crippen LogP contribution in [0.4, 0.5) is 18.9 Å². The molecule has 210 valence electrons. The van der Waals surface area contributed by atoms with E-state index in [1.165, 1.54) is 23.9 Å². The zero-order valence-electron chi connectivity index (χ0n) is 21.2. The van der Waals surface area contributed by atoms with Gasteiger partial charge in [0.15, 0.2) is 10.8 Å². The highest BCUT2D eigenvalue weighted by Gasteiger charge is 2.52. The van der Waals surface area contributed by atoms with Gasteiger partial charge in [0.1, 0.15) is 10.5 Å². The van der Waals surface area contributed by atoms with E-state index in [1.807, 2.05) is 11.8 Å². The molecule has 1 saturated heterocycles. The first-order valence-corrected chi connectivity index (χ1v) is 14.7. The molecule has 4 heterocycles. The Bertz CT molecular complexity index is 1550. The lowest BCUT2D eigenvalue weighted by Crippen LogP contribution is -2.52. The normalized spacial score (nSPS) is 20.4. The van der Waals surface area contributed by atoms with Crippen LogP contribution in [0.2, 0.25) is 0 Å². The van der Waals surface area contributed by atoms with Crippen molar-refractivity contribution in [3.63, 3.8) is 0 Å². The minimum absolute atomic E-state index is 0.0450. The lowest BCUT2D eigenvalue weighted by molar-refractivity contribution is -0.145. The number of alkyl halides is 3. The molecule has 1 amide bonds. The summed E-state index contributed by atoms with van der Waals surface area (Å²) in [6.45, 7) is 3.49. The van der Waals surface area contributed by atoms with E-state index in [2.05, 4.69) is 19.9 Å². The number of carbonyl (C=O) groups excluding carboxylic acids is 1. The van der Waals surface area contributed by atoms with E-state index in [0.29, 0.717) is 74.4 Å². The monoisotopic (exact) mass is 585 g/mol. The molecule has 3 aliphatic rings. The number of pyridine rings is 1. The Labute approximate surface area is 226 Å². The Morgan fingerprint density at radius 2 is 1.82 bits per heavy atom. The zero-order chi connectivity index (χ0) is 27.8. The number of halogens is 3. The second-order valence-electron chi connectivity index (χ2n) is 10.5. The molecular weight excluding hydrogens is 559 g/mol. The van der Waals surface area contributed by atoms with E-state index < -0.39 is 32.3 Å². The van der Waals surface area contributed by atoms with Gasteiger partial charge in [-0.25, -0.2) is 18.1 Å². The zero-order valence-corrected chi connectivity index (χ0v) is 22.8. The van der Waals surface area contributed by atoms with Crippen molar-refractivity contribution in [2.75, 3.05) is 38.2 Å². The van der Waals surface area contributed by atoms with Crippen molar-refractivity contribution < 1.29 is 31.1 Å². The molecule has 0 spiro atoms. The molecule has 11 nitrogen and oxygen atoms in total. The Balaban J connectivity index is 1.38. The molecule has 6 rings (SSSR count). The third-order valence-corrected chi connectivity index (χ3v) is 10.1. The van der Waals surface area contributed by atoms with Crippen molar-refractivity contribution in [2.24, 2.45) is 0 Å². The lowest BCUT2D eigenvalue weighted by Gasteiger charge is -2.37. The van der Waals surface area contributed by atoms with Gasteiger partial charge in [0.2, 0.25) is 15.0 Å². The molecule has 1 aliphatic heterocycles. The number of carbonyl (C=O) groups is 1. The average molecular weight is 586 g/mol. The minimum Gasteiger partial charge on any atom is -0.368 e. The van der Waals surface area contributed by atoms with Crippen molar-refractivity contribution in [1.82, 2.24) is 29.2 Å². The maximum Gasteiger partial charge on any atom is 0.445 e. The van der Waals surface area contributed by atoms with Crippen molar-refractivity contribution >= 4 is 38.5 Å². The number of methoxy groups -OCH3 is 1. The molecule has 1 N–H and O–H groups in total. The summed E-state index contributed by atoms with van der Waals surface area (Å²) in [5, 5.41) is 5.72. The van der Waals surface area contributed by atoms with Crippen LogP contribution >= 0.6 is 11.3 Å². The van der Waals surface area contributed by atoms with Crippen LogP contribution in [0.25, 0.3) is 16.3 Å². The van der Waals surface area contributed by atoms with Gasteiger partial charge >= 0.3 is 6.18 Å². The largest absolute Gasteiger partial charge is 0.445 e. The highest BCUT2D eigenvalue weighted by atomic mass is 32.2. The first-order valence-electron chi connectivity index (χ1n) is 12.4. The molecule has 3 fully saturated rings. The molecular formula is C23H26F3N7O4S2. The van der Waals surface area contributed by atoms with Crippen LogP contribution in [0, 0.1) is 0 Å². The number of hydrogen-bond donors (Lipinski definition) is 1. The van der Waals surface area contributed by atoms with Crippen molar-refractivity contribution in [3.05, 3.63) is 23.5 Å². The Morgan fingerprint density at radius 1 is 1.13 bits per heavy atom. The van der Waals surface area contributed by atoms with Gasteiger partial charge in [0.05, 0.1) is 17.4 Å². The third kappa shape index (κ3) is 4.76. The summed E-state index contributed by atoms with van der Waals surface area (Å²) in [5.41, 5.74) is -0.219. The average Bonchev–Trinajstić information content (AvgIpc) is 3.71. The predicted octanol–water partition coefficient (Wildman–Crippen LogP) is 2.53. The van der Waals surface area contributed by atoms with E-state index >= 15 is 0 Å². The third-order valence-electron chi connectivity index (χ3n) is 7.54. The number of nitrogens with one attached hydrogen (secondary N) is 1. The number of sulfonamides is 1. The van der Waals surface area contributed by atoms with Gasteiger partial charge in [-0.15, -0.1) is 10.2 Å². The number of ether oxygens (including phenoxy) is 1. The first kappa shape index (κ1) is 26.4. The molecule has 2 aliphatic carbocycles. The van der Waals surface area contributed by atoms with E-state index in [1.54, 1.807) is 11.0 Å². The van der Waals surface area contributed by atoms with Crippen LogP contribution in [-0.4, -0.2) is 83.2 Å². The molecule has 0 unspecified atom stereocenters. The second kappa shape index (κ2) is 8.84. The molecule has 16 heteroatoms. The summed E-state index contributed by atoms with van der Waals surface area (Å²) in [6, 6.07) is 1.55. The molecule has 0 bridgehead atoms. The fourth-order valence-corrected chi connectivity index (χ4v) is 6.96. The van der Waals surface area contributed by atoms with Crippen LogP contribution in [0.15, 0.2) is 23.4 Å². The van der Waals surface area contributed by atoms with Gasteiger partial charge in [-0.2, -0.15) is 13.2 Å². The maximum atomic E-state index is 13.4. The molecule has 39 heavy (non-hydrogen) atoms. The van der Waals surface area contributed by atoms with Crippen molar-refractivity contribution in [1.29, 1.82) is 0 Å². The number of anilines is 1. The number of aromatic nitrogens is 4. The van der Waals surface area contributed by atoms with Crippen LogP contribution in [0.5, 0.6) is 0 Å². The number of hydrogen-bond acceptors (Lipinski definition) is 9. The topological polar surface area (TPSA) is 122 Å². The summed E-state index contributed by atoms with van der Waals surface area (Å²) in [4.78, 5) is 20.9. The number of fused-ring (bicyclic) bond motifs is 1. The van der Waals surface area contributed by atoms with E-state index in [0.717, 1.165) is 0 Å². The number of rotatable bonds is 7. The van der Waals surface area contributed by atoms with Gasteiger partial charge in [0.25, 0.3) is 5.91 Å². The maximum absolute atomic E-state index is 13.4. The fraction of sp³-hybridized carbons (Fsp3) is 0.565. The van der Waals surface area contributed by atoms with Gasteiger partial charge in [-0.05, 0) is 38.7 Å². The van der Waals surface area contributed by atoms with Gasteiger partial charge in [-0.3, -0.25) is 9.20 Å². The Kier molecular flexibility index (Phi) is 5.99. The van der Waals surface area contributed by atoms with Crippen LogP contribution in [-0.2, 0) is 25.7 Å². The van der Waals surface area contributed by atoms with E-state index in [4.69, 9.17) is 4.74 Å². The fourth-order valence-electron chi connectivity index (χ4n) is 4.77. The van der Waals surface area contributed by atoms with E-state index in [9.17, 15) is 26.4 Å². The number of imidazole rings is 1. The van der Waals surface area contributed by atoms with Crippen LogP contribution in [0.3, 0.4) is 0 Å². The minimum atomic E-state index is -4.66. The van der Waals surface area contributed by atoms with Crippen LogP contribution < -0.4 is 9.62 Å². The Hall–Kier alpha value is -2.82. The molecule has 2 saturated carbocycles.